The van der Waals surface area contributed by atoms with Crippen LogP contribution in [0.1, 0.15) is 16.7 Å². The number of benzene rings is 2. The Morgan fingerprint density at radius 1 is 1.14 bits per heavy atom. The molecule has 2 aromatic rings. The topological polar surface area (TPSA) is 46.5 Å². The fourth-order valence-corrected chi connectivity index (χ4v) is 2.50. The van der Waals surface area contributed by atoms with E-state index in [9.17, 15) is 9.90 Å². The quantitative estimate of drug-likeness (QED) is 0.860. The number of aryl methyl sites for hydroxylation is 2. The Balaban J connectivity index is 2.19. The molecule has 3 nitrogen and oxygen atoms in total. The van der Waals surface area contributed by atoms with Gasteiger partial charge in [-0.2, -0.15) is 0 Å². The van der Waals surface area contributed by atoms with Gasteiger partial charge in [-0.15, -0.1) is 0 Å². The van der Waals surface area contributed by atoms with Crippen molar-refractivity contribution in [2.24, 2.45) is 0 Å². The van der Waals surface area contributed by atoms with Gasteiger partial charge in [0.15, 0.2) is 6.10 Å². The number of hydrogen-bond acceptors (Lipinski definition) is 2. The summed E-state index contributed by atoms with van der Waals surface area (Å²) >= 11 is 11.9. The van der Waals surface area contributed by atoms with Crippen molar-refractivity contribution in [2.75, 3.05) is 0 Å². The molecule has 0 radical (unpaired) electrons. The lowest BCUT2D eigenvalue weighted by Gasteiger charge is -2.17. The smallest absolute Gasteiger partial charge is 0.345 e. The van der Waals surface area contributed by atoms with Gasteiger partial charge in [-0.25, -0.2) is 4.79 Å². The summed E-state index contributed by atoms with van der Waals surface area (Å²) in [6.07, 6.45) is -0.848. The Bertz CT molecular complexity index is 698. The minimum absolute atomic E-state index is 0.165. The highest BCUT2D eigenvalue weighted by molar-refractivity contribution is 6.35. The molecule has 0 amide bonds. The number of rotatable bonds is 5. The number of aliphatic carboxylic acids is 1. The van der Waals surface area contributed by atoms with Gasteiger partial charge < -0.3 is 9.84 Å². The molecular formula is C17H16Cl2O3. The fourth-order valence-electron chi connectivity index (χ4n) is 2.02. The highest BCUT2D eigenvalue weighted by atomic mass is 35.5. The first-order valence-corrected chi connectivity index (χ1v) is 7.53. The maximum absolute atomic E-state index is 11.4. The van der Waals surface area contributed by atoms with E-state index in [2.05, 4.69) is 0 Å². The standard InChI is InChI=1S/C17H16Cl2O3/c1-10-3-6-14(7-11(10)2)22-16(17(20)21)8-12-4-5-13(18)9-15(12)19/h3-7,9,16H,8H2,1-2H3,(H,20,21). The van der Waals surface area contributed by atoms with Crippen LogP contribution in [0.3, 0.4) is 0 Å². The number of ether oxygens (including phenoxy) is 1. The lowest BCUT2D eigenvalue weighted by atomic mass is 10.1. The van der Waals surface area contributed by atoms with E-state index in [0.29, 0.717) is 21.4 Å². The number of carboxylic acids is 1. The molecule has 0 saturated carbocycles. The van der Waals surface area contributed by atoms with Crippen molar-refractivity contribution < 1.29 is 14.6 Å². The molecule has 0 fully saturated rings. The zero-order chi connectivity index (χ0) is 16.3. The van der Waals surface area contributed by atoms with E-state index < -0.39 is 12.1 Å². The highest BCUT2D eigenvalue weighted by Gasteiger charge is 2.21. The van der Waals surface area contributed by atoms with Crippen molar-refractivity contribution in [3.63, 3.8) is 0 Å². The molecule has 0 aliphatic carbocycles. The Hall–Kier alpha value is -1.71. The van der Waals surface area contributed by atoms with Gasteiger partial charge in [-0.3, -0.25) is 0 Å². The molecule has 2 rings (SSSR count). The predicted molar refractivity (Wildman–Crippen MR) is 88.1 cm³/mol. The van der Waals surface area contributed by atoms with E-state index in [1.807, 2.05) is 26.0 Å². The molecular weight excluding hydrogens is 323 g/mol. The van der Waals surface area contributed by atoms with Gasteiger partial charge in [0.1, 0.15) is 5.75 Å². The van der Waals surface area contributed by atoms with Crippen LogP contribution in [0.5, 0.6) is 5.75 Å². The average molecular weight is 339 g/mol. The maximum atomic E-state index is 11.4. The van der Waals surface area contributed by atoms with Crippen LogP contribution >= 0.6 is 23.2 Å². The normalized spacial score (nSPS) is 12.0. The van der Waals surface area contributed by atoms with E-state index in [-0.39, 0.29) is 6.42 Å². The SMILES string of the molecule is Cc1ccc(OC(Cc2ccc(Cl)cc2Cl)C(=O)O)cc1C. The summed E-state index contributed by atoms with van der Waals surface area (Å²) in [6, 6.07) is 10.5. The molecule has 5 heteroatoms. The Labute approximate surface area is 139 Å². The molecule has 1 unspecified atom stereocenters. The predicted octanol–water partition coefficient (Wildman–Crippen LogP) is 4.68. The zero-order valence-electron chi connectivity index (χ0n) is 12.3. The minimum atomic E-state index is -1.04. The lowest BCUT2D eigenvalue weighted by molar-refractivity contribution is -0.145. The average Bonchev–Trinajstić information content (AvgIpc) is 2.44. The number of carbonyl (C=O) groups is 1. The first kappa shape index (κ1) is 16.7. The summed E-state index contributed by atoms with van der Waals surface area (Å²) in [7, 11) is 0. The van der Waals surface area contributed by atoms with E-state index in [0.717, 1.165) is 11.1 Å². The molecule has 1 atom stereocenters. The molecule has 0 aromatic heterocycles. The molecule has 22 heavy (non-hydrogen) atoms. The van der Waals surface area contributed by atoms with Gasteiger partial charge in [0.05, 0.1) is 0 Å². The third-order valence-electron chi connectivity index (χ3n) is 3.45. The summed E-state index contributed by atoms with van der Waals surface area (Å²) in [6.45, 7) is 3.94. The van der Waals surface area contributed by atoms with Crippen molar-refractivity contribution in [3.05, 3.63) is 63.1 Å². The van der Waals surface area contributed by atoms with E-state index in [1.54, 1.807) is 24.3 Å². The Morgan fingerprint density at radius 2 is 1.86 bits per heavy atom. The van der Waals surface area contributed by atoms with Crippen LogP contribution in [0.4, 0.5) is 0 Å². The third kappa shape index (κ3) is 4.15. The molecule has 0 saturated heterocycles. The summed E-state index contributed by atoms with van der Waals surface area (Å²) in [5.41, 5.74) is 2.86. The van der Waals surface area contributed by atoms with Crippen LogP contribution in [0.25, 0.3) is 0 Å². The molecule has 0 bridgehead atoms. The van der Waals surface area contributed by atoms with E-state index >= 15 is 0 Å². The molecule has 116 valence electrons. The van der Waals surface area contributed by atoms with Crippen molar-refractivity contribution in [1.82, 2.24) is 0 Å². The Morgan fingerprint density at radius 3 is 2.45 bits per heavy atom. The van der Waals surface area contributed by atoms with Gasteiger partial charge in [-0.1, -0.05) is 35.3 Å². The van der Waals surface area contributed by atoms with Crippen LogP contribution in [0.2, 0.25) is 10.0 Å². The minimum Gasteiger partial charge on any atom is -0.478 e. The number of hydrogen-bond donors (Lipinski definition) is 1. The van der Waals surface area contributed by atoms with E-state index in [1.165, 1.54) is 0 Å². The molecule has 0 heterocycles. The second-order valence-corrected chi connectivity index (χ2v) is 5.97. The molecule has 0 aliphatic heterocycles. The largest absolute Gasteiger partial charge is 0.478 e. The lowest BCUT2D eigenvalue weighted by Crippen LogP contribution is -2.29. The molecule has 2 aromatic carbocycles. The van der Waals surface area contributed by atoms with E-state index in [4.69, 9.17) is 27.9 Å². The van der Waals surface area contributed by atoms with Crippen molar-refractivity contribution in [1.29, 1.82) is 0 Å². The molecule has 0 aliphatic rings. The van der Waals surface area contributed by atoms with Crippen molar-refractivity contribution in [2.45, 2.75) is 26.4 Å². The first-order chi connectivity index (χ1) is 10.4. The van der Waals surface area contributed by atoms with Gasteiger partial charge >= 0.3 is 5.97 Å². The molecule has 1 N–H and O–H groups in total. The monoisotopic (exact) mass is 338 g/mol. The van der Waals surface area contributed by atoms with Crippen molar-refractivity contribution in [3.8, 4) is 5.75 Å². The van der Waals surface area contributed by atoms with Crippen molar-refractivity contribution >= 4 is 29.2 Å². The van der Waals surface area contributed by atoms with Crippen LogP contribution in [-0.4, -0.2) is 17.2 Å². The maximum Gasteiger partial charge on any atom is 0.345 e. The molecule has 0 spiro atoms. The summed E-state index contributed by atoms with van der Waals surface area (Å²) in [5.74, 6) is -0.509. The van der Waals surface area contributed by atoms with Gasteiger partial charge in [0, 0.05) is 16.5 Å². The second kappa shape index (κ2) is 7.03. The first-order valence-electron chi connectivity index (χ1n) is 6.77. The van der Waals surface area contributed by atoms with Gasteiger partial charge in [-0.05, 0) is 54.8 Å². The van der Waals surface area contributed by atoms with Crippen LogP contribution in [0.15, 0.2) is 36.4 Å². The van der Waals surface area contributed by atoms with Crippen LogP contribution < -0.4 is 4.74 Å². The number of halogens is 2. The third-order valence-corrected chi connectivity index (χ3v) is 4.04. The fraction of sp³-hybridized carbons (Fsp3) is 0.235. The summed E-state index contributed by atoms with van der Waals surface area (Å²) in [4.78, 5) is 11.4. The summed E-state index contributed by atoms with van der Waals surface area (Å²) in [5, 5.41) is 10.3. The highest BCUT2D eigenvalue weighted by Crippen LogP contribution is 2.24. The Kier molecular flexibility index (Phi) is 5.33. The van der Waals surface area contributed by atoms with Gasteiger partial charge in [0.25, 0.3) is 0 Å². The summed E-state index contributed by atoms with van der Waals surface area (Å²) < 4.78 is 5.61. The van der Waals surface area contributed by atoms with Gasteiger partial charge in [0.2, 0.25) is 0 Å². The second-order valence-electron chi connectivity index (χ2n) is 5.13. The zero-order valence-corrected chi connectivity index (χ0v) is 13.8. The van der Waals surface area contributed by atoms with Crippen LogP contribution in [0, 0.1) is 13.8 Å². The van der Waals surface area contributed by atoms with Crippen LogP contribution in [-0.2, 0) is 11.2 Å². The number of carboxylic acid groups (broad SMARTS) is 1.